The van der Waals surface area contributed by atoms with Crippen molar-refractivity contribution in [3.05, 3.63) is 65.7 Å². The highest BCUT2D eigenvalue weighted by molar-refractivity contribution is 6.16. The molecule has 0 saturated heterocycles. The zero-order valence-corrected chi connectivity index (χ0v) is 16.4. The lowest BCUT2D eigenvalue weighted by atomic mass is 10.0. The Labute approximate surface area is 175 Å². The fraction of sp³-hybridized carbons (Fsp3) is 0.143. The second-order valence-electron chi connectivity index (χ2n) is 6.69. The van der Waals surface area contributed by atoms with E-state index >= 15 is 0 Å². The van der Waals surface area contributed by atoms with Gasteiger partial charge >= 0.3 is 0 Å². The number of nitrogens with one attached hydrogen (secondary N) is 2. The zero-order valence-electron chi connectivity index (χ0n) is 16.4. The number of carbonyl (C=O) groups is 1. The third kappa shape index (κ3) is 3.92. The summed E-state index contributed by atoms with van der Waals surface area (Å²) < 4.78 is 33.5. The van der Waals surface area contributed by atoms with Gasteiger partial charge in [-0.1, -0.05) is 0 Å². The number of anilines is 2. The number of nitrogen functional groups attached to an aromatic ring is 1. The number of aromatic nitrogens is 4. The summed E-state index contributed by atoms with van der Waals surface area (Å²) in [5, 5.41) is 3.42. The number of pyridine rings is 1. The molecule has 3 heterocycles. The number of fused-ring (bicyclic) bond motifs is 1. The Morgan fingerprint density at radius 3 is 2.65 bits per heavy atom. The first kappa shape index (κ1) is 20.4. The molecule has 0 radical (unpaired) electrons. The van der Waals surface area contributed by atoms with Crippen molar-refractivity contribution in [1.29, 1.82) is 0 Å². The second kappa shape index (κ2) is 8.44. The number of methoxy groups -OCH3 is 1. The van der Waals surface area contributed by atoms with Gasteiger partial charge in [-0.05, 0) is 18.2 Å². The van der Waals surface area contributed by atoms with Gasteiger partial charge in [0.25, 0.3) is 0 Å². The SMILES string of the molecule is COCCNc1ncc(-c2cnc3[nH]cc(C(=O)c4c(F)ccc(N)c4F)c3c2)cn1. The first-order valence-corrected chi connectivity index (χ1v) is 9.30. The Balaban J connectivity index is 1.69. The van der Waals surface area contributed by atoms with E-state index in [9.17, 15) is 13.6 Å². The minimum atomic E-state index is -1.09. The van der Waals surface area contributed by atoms with Crippen molar-refractivity contribution in [1.82, 2.24) is 19.9 Å². The van der Waals surface area contributed by atoms with Crippen LogP contribution in [0.3, 0.4) is 0 Å². The summed E-state index contributed by atoms with van der Waals surface area (Å²) in [6.07, 6.45) is 6.17. The van der Waals surface area contributed by atoms with Crippen molar-refractivity contribution in [2.45, 2.75) is 0 Å². The second-order valence-corrected chi connectivity index (χ2v) is 6.69. The molecule has 0 spiro atoms. The summed E-state index contributed by atoms with van der Waals surface area (Å²) in [6.45, 7) is 1.08. The van der Waals surface area contributed by atoms with E-state index in [-0.39, 0.29) is 11.3 Å². The van der Waals surface area contributed by atoms with Crippen molar-refractivity contribution in [2.75, 3.05) is 31.3 Å². The zero-order chi connectivity index (χ0) is 22.0. The fourth-order valence-corrected chi connectivity index (χ4v) is 3.09. The van der Waals surface area contributed by atoms with Crippen LogP contribution in [0.2, 0.25) is 0 Å². The van der Waals surface area contributed by atoms with Crippen molar-refractivity contribution in [2.24, 2.45) is 0 Å². The Morgan fingerprint density at radius 2 is 1.90 bits per heavy atom. The van der Waals surface area contributed by atoms with Crippen molar-refractivity contribution in [3.63, 3.8) is 0 Å². The van der Waals surface area contributed by atoms with E-state index in [1.54, 1.807) is 31.8 Å². The molecular formula is C21H18F2N6O2. The maximum atomic E-state index is 14.4. The van der Waals surface area contributed by atoms with Crippen LogP contribution in [0.4, 0.5) is 20.4 Å². The predicted octanol–water partition coefficient (Wildman–Crippen LogP) is 3.17. The number of benzene rings is 1. The van der Waals surface area contributed by atoms with E-state index in [1.807, 2.05) is 0 Å². The van der Waals surface area contributed by atoms with Crippen molar-refractivity contribution >= 4 is 28.5 Å². The molecule has 1 aromatic carbocycles. The molecule has 158 valence electrons. The first-order valence-electron chi connectivity index (χ1n) is 9.30. The lowest BCUT2D eigenvalue weighted by molar-refractivity contribution is 0.103. The van der Waals surface area contributed by atoms with Crippen LogP contribution in [0.25, 0.3) is 22.2 Å². The third-order valence-corrected chi connectivity index (χ3v) is 4.70. The number of ether oxygens (including phenoxy) is 1. The van der Waals surface area contributed by atoms with E-state index in [0.717, 1.165) is 12.1 Å². The quantitative estimate of drug-likeness (QED) is 0.237. The number of H-pyrrole nitrogens is 1. The number of halogens is 2. The summed E-state index contributed by atoms with van der Waals surface area (Å²) in [7, 11) is 1.60. The van der Waals surface area contributed by atoms with Crippen LogP contribution in [-0.2, 0) is 4.74 Å². The fourth-order valence-electron chi connectivity index (χ4n) is 3.09. The molecule has 0 amide bonds. The molecule has 4 rings (SSSR count). The average Bonchev–Trinajstić information content (AvgIpc) is 3.20. The van der Waals surface area contributed by atoms with Crippen molar-refractivity contribution < 1.29 is 18.3 Å². The van der Waals surface area contributed by atoms with Gasteiger partial charge in [-0.25, -0.2) is 23.7 Å². The van der Waals surface area contributed by atoms with Crippen LogP contribution >= 0.6 is 0 Å². The molecular weight excluding hydrogens is 406 g/mol. The normalized spacial score (nSPS) is 11.1. The first-order chi connectivity index (χ1) is 15.0. The Kier molecular flexibility index (Phi) is 5.54. The maximum Gasteiger partial charge on any atom is 0.222 e. The Hall–Kier alpha value is -3.92. The molecule has 0 aliphatic heterocycles. The van der Waals surface area contributed by atoms with E-state index in [2.05, 4.69) is 25.3 Å². The van der Waals surface area contributed by atoms with E-state index in [4.69, 9.17) is 10.5 Å². The largest absolute Gasteiger partial charge is 0.396 e. The smallest absolute Gasteiger partial charge is 0.222 e. The van der Waals surface area contributed by atoms with Gasteiger partial charge in [-0.15, -0.1) is 0 Å². The summed E-state index contributed by atoms with van der Waals surface area (Å²) in [5.74, 6) is -2.46. The summed E-state index contributed by atoms with van der Waals surface area (Å²) >= 11 is 0. The number of nitrogens with zero attached hydrogens (tertiary/aromatic N) is 3. The van der Waals surface area contributed by atoms with Crippen LogP contribution in [0.1, 0.15) is 15.9 Å². The molecule has 0 aliphatic carbocycles. The minimum absolute atomic E-state index is 0.0755. The lowest BCUT2D eigenvalue weighted by Crippen LogP contribution is -2.10. The van der Waals surface area contributed by atoms with Gasteiger partial charge in [0.1, 0.15) is 11.5 Å². The highest BCUT2D eigenvalue weighted by Gasteiger charge is 2.24. The highest BCUT2D eigenvalue weighted by atomic mass is 19.1. The number of hydrogen-bond acceptors (Lipinski definition) is 7. The number of ketones is 1. The molecule has 4 aromatic rings. The maximum absolute atomic E-state index is 14.4. The monoisotopic (exact) mass is 424 g/mol. The summed E-state index contributed by atoms with van der Waals surface area (Å²) in [5.41, 5.74) is 6.26. The number of hydrogen-bond donors (Lipinski definition) is 3. The van der Waals surface area contributed by atoms with Gasteiger partial charge in [-0.3, -0.25) is 4.79 Å². The number of rotatable bonds is 7. The van der Waals surface area contributed by atoms with Gasteiger partial charge in [0.05, 0.1) is 17.9 Å². The molecule has 10 heteroatoms. The topological polar surface area (TPSA) is 119 Å². The van der Waals surface area contributed by atoms with Crippen LogP contribution in [0.5, 0.6) is 0 Å². The molecule has 3 aromatic heterocycles. The molecule has 0 unspecified atom stereocenters. The standard InChI is InChI=1S/C21H18F2N6O2/c1-31-5-4-25-21-28-8-12(9-29-21)11-6-13-14(10-27-20(13)26-7-11)19(30)17-15(22)2-3-16(24)18(17)23/h2-3,6-10H,4-5,24H2,1H3,(H,26,27)(H,25,28,29). The van der Waals surface area contributed by atoms with Gasteiger partial charge in [-0.2, -0.15) is 0 Å². The summed E-state index contributed by atoms with van der Waals surface area (Å²) in [4.78, 5) is 28.5. The molecule has 0 saturated carbocycles. The number of nitrogens with two attached hydrogens (primary N) is 1. The third-order valence-electron chi connectivity index (χ3n) is 4.70. The molecule has 31 heavy (non-hydrogen) atoms. The van der Waals surface area contributed by atoms with E-state index in [1.165, 1.54) is 6.20 Å². The number of aromatic amines is 1. The Morgan fingerprint density at radius 1 is 1.16 bits per heavy atom. The molecule has 0 fully saturated rings. The number of carbonyl (C=O) groups excluding carboxylic acids is 1. The van der Waals surface area contributed by atoms with Gasteiger partial charge in [0.2, 0.25) is 11.7 Å². The van der Waals surface area contributed by atoms with Crippen LogP contribution in [0, 0.1) is 11.6 Å². The predicted molar refractivity (Wildman–Crippen MR) is 112 cm³/mol. The van der Waals surface area contributed by atoms with Gasteiger partial charge < -0.3 is 20.8 Å². The van der Waals surface area contributed by atoms with Gasteiger partial charge in [0, 0.05) is 60.5 Å². The molecule has 0 atom stereocenters. The molecule has 0 bridgehead atoms. The Bertz CT molecular complexity index is 1260. The van der Waals surface area contributed by atoms with Crippen LogP contribution in [-0.4, -0.2) is 46.0 Å². The van der Waals surface area contributed by atoms with Crippen LogP contribution in [0.15, 0.2) is 43.0 Å². The molecule has 8 nitrogen and oxygen atoms in total. The summed E-state index contributed by atoms with van der Waals surface area (Å²) in [6, 6.07) is 3.72. The highest BCUT2D eigenvalue weighted by Crippen LogP contribution is 2.28. The average molecular weight is 424 g/mol. The molecule has 0 aliphatic rings. The van der Waals surface area contributed by atoms with Gasteiger partial charge in [0.15, 0.2) is 5.82 Å². The van der Waals surface area contributed by atoms with E-state index in [0.29, 0.717) is 41.3 Å². The van der Waals surface area contributed by atoms with E-state index < -0.39 is 23.0 Å². The van der Waals surface area contributed by atoms with Crippen molar-refractivity contribution in [3.8, 4) is 11.1 Å². The van der Waals surface area contributed by atoms with Crippen LogP contribution < -0.4 is 11.1 Å². The lowest BCUT2D eigenvalue weighted by Gasteiger charge is -2.07. The minimum Gasteiger partial charge on any atom is -0.396 e. The molecule has 4 N–H and O–H groups in total.